The Labute approximate surface area is 387 Å². The molecule has 0 aromatic heterocycles. The molecule has 310 valence electrons. The lowest BCUT2D eigenvalue weighted by molar-refractivity contribution is 0.768. The lowest BCUT2D eigenvalue weighted by Crippen LogP contribution is -2.28. The quantitative estimate of drug-likeness (QED) is 0.140. The monoisotopic (exact) mass is 839 g/mol. The Morgan fingerprint density at radius 2 is 0.773 bits per heavy atom. The maximum atomic E-state index is 2.53. The first-order chi connectivity index (χ1) is 32.8. The van der Waals surface area contributed by atoms with E-state index in [1.807, 2.05) is 0 Å². The van der Waals surface area contributed by atoms with Crippen molar-refractivity contribution in [3.8, 4) is 55.6 Å². The van der Waals surface area contributed by atoms with Crippen LogP contribution in [-0.2, 0) is 5.41 Å². The average molecular weight is 840 g/mol. The molecule has 1 aliphatic carbocycles. The van der Waals surface area contributed by atoms with Crippen LogP contribution in [0.5, 0.6) is 0 Å². The van der Waals surface area contributed by atoms with E-state index in [0.29, 0.717) is 0 Å². The SMILES string of the molecule is c1ccc(-c2cccc(-c3ccc(N(c4cc(-c5cccc6ccccc56)ccc4-c4ccccc4)c4cccc5c4-c4ccccc4C5(c4ccccc4)c4ccccc4)cc3)c2)cc1. The number of benzene rings is 11. The van der Waals surface area contributed by atoms with E-state index in [9.17, 15) is 0 Å². The average Bonchev–Trinajstić information content (AvgIpc) is 3.71. The normalized spacial score (nSPS) is 12.4. The summed E-state index contributed by atoms with van der Waals surface area (Å²) in [6, 6.07) is 100. The van der Waals surface area contributed by atoms with Crippen molar-refractivity contribution in [2.45, 2.75) is 5.41 Å². The number of rotatable bonds is 9. The van der Waals surface area contributed by atoms with Crippen LogP contribution in [0, 0.1) is 0 Å². The molecular weight excluding hydrogens is 795 g/mol. The van der Waals surface area contributed by atoms with Crippen molar-refractivity contribution in [1.82, 2.24) is 0 Å². The number of fused-ring (bicyclic) bond motifs is 4. The molecule has 0 amide bonds. The Morgan fingerprint density at radius 1 is 0.273 bits per heavy atom. The Morgan fingerprint density at radius 3 is 1.48 bits per heavy atom. The van der Waals surface area contributed by atoms with E-state index in [2.05, 4.69) is 278 Å². The zero-order valence-electron chi connectivity index (χ0n) is 36.4. The van der Waals surface area contributed by atoms with Gasteiger partial charge in [0, 0.05) is 16.8 Å². The summed E-state index contributed by atoms with van der Waals surface area (Å²) in [5.41, 5.74) is 19.7. The van der Waals surface area contributed by atoms with Gasteiger partial charge < -0.3 is 4.90 Å². The van der Waals surface area contributed by atoms with Crippen molar-refractivity contribution in [1.29, 1.82) is 0 Å². The summed E-state index contributed by atoms with van der Waals surface area (Å²) >= 11 is 0. The first kappa shape index (κ1) is 39.1. The van der Waals surface area contributed by atoms with Crippen molar-refractivity contribution < 1.29 is 0 Å². The van der Waals surface area contributed by atoms with Crippen LogP contribution in [0.4, 0.5) is 17.1 Å². The van der Waals surface area contributed by atoms with Crippen molar-refractivity contribution in [2.24, 2.45) is 0 Å². The van der Waals surface area contributed by atoms with Crippen LogP contribution in [0.1, 0.15) is 22.3 Å². The third kappa shape index (κ3) is 6.56. The molecule has 0 saturated carbocycles. The molecule has 0 heterocycles. The van der Waals surface area contributed by atoms with Crippen molar-refractivity contribution in [3.63, 3.8) is 0 Å². The Bertz CT molecular complexity index is 3460. The minimum atomic E-state index is -0.545. The van der Waals surface area contributed by atoms with E-state index in [-0.39, 0.29) is 0 Å². The number of nitrogens with zero attached hydrogens (tertiary/aromatic N) is 1. The second-order valence-corrected chi connectivity index (χ2v) is 17.2. The Balaban J connectivity index is 1.14. The zero-order valence-corrected chi connectivity index (χ0v) is 36.4. The van der Waals surface area contributed by atoms with Crippen molar-refractivity contribution in [3.05, 3.63) is 295 Å². The van der Waals surface area contributed by atoms with Crippen LogP contribution < -0.4 is 4.90 Å². The molecule has 0 radical (unpaired) electrons. The van der Waals surface area contributed by atoms with E-state index >= 15 is 0 Å². The zero-order chi connectivity index (χ0) is 43.9. The summed E-state index contributed by atoms with van der Waals surface area (Å²) in [5, 5.41) is 2.46. The van der Waals surface area contributed by atoms with Gasteiger partial charge in [-0.1, -0.05) is 243 Å². The lowest BCUT2D eigenvalue weighted by atomic mass is 9.68. The number of anilines is 3. The fourth-order valence-corrected chi connectivity index (χ4v) is 10.6. The first-order valence-electron chi connectivity index (χ1n) is 22.8. The van der Waals surface area contributed by atoms with Gasteiger partial charge in [0.25, 0.3) is 0 Å². The topological polar surface area (TPSA) is 3.24 Å². The maximum absolute atomic E-state index is 2.53. The van der Waals surface area contributed by atoms with Gasteiger partial charge in [-0.2, -0.15) is 0 Å². The highest BCUT2D eigenvalue weighted by Gasteiger charge is 2.47. The fraction of sp³-hybridized carbons (Fsp3) is 0.0154. The maximum Gasteiger partial charge on any atom is 0.0714 e. The highest BCUT2D eigenvalue weighted by Crippen LogP contribution is 2.60. The molecule has 0 aliphatic heterocycles. The standard InChI is InChI=1S/C65H45N/c1-5-20-46(21-6-1)50-26-17-27-51(44-50)47-38-41-55(42-39-47)66(63-45-52(40-43-58(63)49-22-7-2-8-23-49)57-34-18-25-48-24-13-14-32-56(48)57)62-37-19-36-61-64(62)59-33-15-16-35-60(59)65(61,53-28-9-3-10-29-53)54-30-11-4-12-31-54/h1-45H. The molecule has 0 spiro atoms. The molecule has 0 bridgehead atoms. The van der Waals surface area contributed by atoms with Gasteiger partial charge in [-0.3, -0.25) is 0 Å². The Kier molecular flexibility index (Phi) is 9.81. The predicted molar refractivity (Wildman–Crippen MR) is 278 cm³/mol. The summed E-state index contributed by atoms with van der Waals surface area (Å²) in [6.07, 6.45) is 0. The van der Waals surface area contributed by atoms with E-state index < -0.39 is 5.41 Å². The van der Waals surface area contributed by atoms with Crippen molar-refractivity contribution in [2.75, 3.05) is 4.90 Å². The summed E-state index contributed by atoms with van der Waals surface area (Å²) in [5.74, 6) is 0. The van der Waals surface area contributed by atoms with Gasteiger partial charge in [0.1, 0.15) is 0 Å². The van der Waals surface area contributed by atoms with Gasteiger partial charge in [0.2, 0.25) is 0 Å². The van der Waals surface area contributed by atoms with Crippen LogP contribution >= 0.6 is 0 Å². The van der Waals surface area contributed by atoms with Crippen LogP contribution in [0.3, 0.4) is 0 Å². The minimum absolute atomic E-state index is 0.545. The summed E-state index contributed by atoms with van der Waals surface area (Å²) in [7, 11) is 0. The summed E-state index contributed by atoms with van der Waals surface area (Å²) in [6.45, 7) is 0. The second kappa shape index (κ2) is 16.6. The Hall–Kier alpha value is -8.52. The molecule has 0 fully saturated rings. The number of hydrogen-bond donors (Lipinski definition) is 0. The predicted octanol–water partition coefficient (Wildman–Crippen LogP) is 17.3. The van der Waals surface area contributed by atoms with Gasteiger partial charge in [-0.25, -0.2) is 0 Å². The third-order valence-corrected chi connectivity index (χ3v) is 13.6. The molecule has 11 aromatic carbocycles. The molecule has 66 heavy (non-hydrogen) atoms. The van der Waals surface area contributed by atoms with Gasteiger partial charge in [-0.15, -0.1) is 0 Å². The highest BCUT2D eigenvalue weighted by molar-refractivity contribution is 6.02. The minimum Gasteiger partial charge on any atom is -0.309 e. The van der Waals surface area contributed by atoms with Gasteiger partial charge >= 0.3 is 0 Å². The molecular formula is C65H45N. The molecule has 0 N–H and O–H groups in total. The molecule has 1 nitrogen and oxygen atoms in total. The largest absolute Gasteiger partial charge is 0.309 e. The molecule has 12 rings (SSSR count). The second-order valence-electron chi connectivity index (χ2n) is 17.2. The van der Waals surface area contributed by atoms with Crippen LogP contribution in [-0.4, -0.2) is 0 Å². The summed E-state index contributed by atoms with van der Waals surface area (Å²) in [4.78, 5) is 2.53. The van der Waals surface area contributed by atoms with Crippen LogP contribution in [0.2, 0.25) is 0 Å². The first-order valence-corrected chi connectivity index (χ1v) is 22.8. The van der Waals surface area contributed by atoms with Crippen LogP contribution in [0.25, 0.3) is 66.4 Å². The van der Waals surface area contributed by atoms with E-state index in [4.69, 9.17) is 0 Å². The van der Waals surface area contributed by atoms with E-state index in [1.165, 1.54) is 72.0 Å². The molecule has 0 unspecified atom stereocenters. The van der Waals surface area contributed by atoms with Crippen molar-refractivity contribution >= 4 is 27.8 Å². The van der Waals surface area contributed by atoms with Gasteiger partial charge in [0.05, 0.1) is 16.8 Å². The van der Waals surface area contributed by atoms with Crippen LogP contribution in [0.15, 0.2) is 273 Å². The molecule has 1 aliphatic rings. The van der Waals surface area contributed by atoms with E-state index in [1.54, 1.807) is 0 Å². The molecule has 1 heteroatoms. The van der Waals surface area contributed by atoms with E-state index in [0.717, 1.165) is 33.8 Å². The van der Waals surface area contributed by atoms with Gasteiger partial charge in [0.15, 0.2) is 0 Å². The summed E-state index contributed by atoms with van der Waals surface area (Å²) < 4.78 is 0. The highest BCUT2D eigenvalue weighted by atomic mass is 15.1. The fourth-order valence-electron chi connectivity index (χ4n) is 10.6. The molecule has 11 aromatic rings. The molecule has 0 saturated heterocycles. The lowest BCUT2D eigenvalue weighted by Gasteiger charge is -2.34. The van der Waals surface area contributed by atoms with Gasteiger partial charge in [-0.05, 0) is 108 Å². The number of hydrogen-bond acceptors (Lipinski definition) is 1. The molecule has 0 atom stereocenters. The smallest absolute Gasteiger partial charge is 0.0714 e. The third-order valence-electron chi connectivity index (χ3n) is 13.6.